The molecule has 7 aromatic carbocycles. The summed E-state index contributed by atoms with van der Waals surface area (Å²) in [6.07, 6.45) is -5.84. The van der Waals surface area contributed by atoms with Crippen molar-refractivity contribution >= 4 is 5.97 Å². The second-order valence-corrected chi connectivity index (χ2v) is 21.2. The number of hydrogen-bond acceptors (Lipinski definition) is 13. The van der Waals surface area contributed by atoms with Gasteiger partial charge in [-0.05, 0) is 70.5 Å². The molecule has 13 heteroatoms. The first-order chi connectivity index (χ1) is 40.0. The van der Waals surface area contributed by atoms with Crippen molar-refractivity contribution in [2.75, 3.05) is 13.7 Å². The van der Waals surface area contributed by atoms with Gasteiger partial charge in [-0.15, -0.1) is 0 Å². The summed E-state index contributed by atoms with van der Waals surface area (Å²) in [5.74, 6) is -0.811. The van der Waals surface area contributed by atoms with Crippen LogP contribution in [0, 0.1) is 0 Å². The van der Waals surface area contributed by atoms with Crippen molar-refractivity contribution in [3.63, 3.8) is 0 Å². The molecule has 0 N–H and O–H groups in total. The van der Waals surface area contributed by atoms with Crippen molar-refractivity contribution in [3.8, 4) is 5.75 Å². The maximum atomic E-state index is 14.8. The van der Waals surface area contributed by atoms with Gasteiger partial charge in [0.25, 0.3) is 0 Å². The van der Waals surface area contributed by atoms with Gasteiger partial charge in [0, 0.05) is 12.8 Å². The van der Waals surface area contributed by atoms with Gasteiger partial charge in [0.2, 0.25) is 0 Å². The lowest BCUT2D eigenvalue weighted by Gasteiger charge is -2.50. The number of carbonyl (C=O) groups is 1. The lowest BCUT2D eigenvalue weighted by Crippen LogP contribution is -2.68. The van der Waals surface area contributed by atoms with Gasteiger partial charge in [-0.25, -0.2) is 4.79 Å². The molecule has 2 aliphatic heterocycles. The average Bonchev–Trinajstić information content (AvgIpc) is 4.08. The summed E-state index contributed by atoms with van der Waals surface area (Å²) in [6.45, 7) is 1.35. The molecule has 2 saturated carbocycles. The molecule has 0 amide bonds. The zero-order chi connectivity index (χ0) is 55.1. The molecule has 2 aliphatic carbocycles. The molecule has 1 spiro atoms. The van der Waals surface area contributed by atoms with Crippen LogP contribution in [0.25, 0.3) is 0 Å². The summed E-state index contributed by atoms with van der Waals surface area (Å²) in [5.41, 5.74) is 6.00. The minimum Gasteiger partial charge on any atom is -0.497 e. The standard InChI is InChI=1S/C68H72O13/c1-70-55-37-35-53(36-38-55)46-72-57-56(47-71-41-48-23-9-2-10-24-48)77-67(65(78-66(69)54-33-19-7-20-34-54)58(57)73-42-49-25-11-3-12-26-49)79-62-60(75-44-51-29-15-5-16-30-51)59(74-43-50-27-13-4-14-28-50)61(76-45-52-31-17-6-18-32-52)63-64(62)81-68(80-63)39-21-8-22-40-68/h2-7,9-20,23-38,56-65,67H,8,21-22,39-47H2,1H3/t56-,57-,58+,59+,60+,61-,62-,63-,64+,65+,67+/m1/s1. The lowest BCUT2D eigenvalue weighted by molar-refractivity contribution is -0.350. The third kappa shape index (κ3) is 14.5. The van der Waals surface area contributed by atoms with E-state index < -0.39 is 79.1 Å². The minimum atomic E-state index is -1.33. The summed E-state index contributed by atoms with van der Waals surface area (Å²) in [5, 5.41) is 0. The minimum absolute atomic E-state index is 0.0537. The molecule has 4 fully saturated rings. The van der Waals surface area contributed by atoms with Crippen LogP contribution in [0.2, 0.25) is 0 Å². The highest BCUT2D eigenvalue weighted by molar-refractivity contribution is 5.89. The first kappa shape index (κ1) is 56.3. The number of rotatable bonds is 24. The van der Waals surface area contributed by atoms with Crippen LogP contribution in [0.3, 0.4) is 0 Å². The van der Waals surface area contributed by atoms with Crippen LogP contribution >= 0.6 is 0 Å². The molecule has 11 atom stereocenters. The van der Waals surface area contributed by atoms with Crippen LogP contribution in [-0.2, 0) is 91.7 Å². The first-order valence-corrected chi connectivity index (χ1v) is 28.4. The smallest absolute Gasteiger partial charge is 0.338 e. The summed E-state index contributed by atoms with van der Waals surface area (Å²) in [6, 6.07) is 66.6. The Morgan fingerprint density at radius 1 is 0.432 bits per heavy atom. The van der Waals surface area contributed by atoms with E-state index >= 15 is 0 Å². The second kappa shape index (κ2) is 27.9. The van der Waals surface area contributed by atoms with E-state index in [1.807, 2.05) is 182 Å². The second-order valence-electron chi connectivity index (χ2n) is 21.2. The Hall–Kier alpha value is -6.59. The average molecular weight is 1100 g/mol. The van der Waals surface area contributed by atoms with Crippen LogP contribution in [0.15, 0.2) is 206 Å². The van der Waals surface area contributed by atoms with Gasteiger partial charge < -0.3 is 56.8 Å². The van der Waals surface area contributed by atoms with Crippen LogP contribution < -0.4 is 4.74 Å². The van der Waals surface area contributed by atoms with Crippen molar-refractivity contribution in [1.82, 2.24) is 0 Å². The third-order valence-corrected chi connectivity index (χ3v) is 15.5. The van der Waals surface area contributed by atoms with E-state index in [4.69, 9.17) is 56.8 Å². The molecular formula is C68H72O13. The zero-order valence-electron chi connectivity index (χ0n) is 45.8. The largest absolute Gasteiger partial charge is 0.497 e. The zero-order valence-corrected chi connectivity index (χ0v) is 45.8. The van der Waals surface area contributed by atoms with E-state index in [-0.39, 0.29) is 39.6 Å². The Kier molecular flexibility index (Phi) is 19.4. The van der Waals surface area contributed by atoms with Crippen molar-refractivity contribution in [3.05, 3.63) is 245 Å². The molecule has 0 bridgehead atoms. The molecule has 0 aromatic heterocycles. The predicted octanol–water partition coefficient (Wildman–Crippen LogP) is 11.9. The molecule has 0 radical (unpaired) electrons. The van der Waals surface area contributed by atoms with Crippen LogP contribution in [0.5, 0.6) is 5.75 Å². The normalized spacial score (nSPS) is 25.9. The highest BCUT2D eigenvalue weighted by atomic mass is 16.8. The highest BCUT2D eigenvalue weighted by Gasteiger charge is 2.64. The van der Waals surface area contributed by atoms with Gasteiger partial charge in [-0.2, -0.15) is 0 Å². The van der Waals surface area contributed by atoms with E-state index in [9.17, 15) is 4.79 Å². The van der Waals surface area contributed by atoms with Gasteiger partial charge in [-0.3, -0.25) is 0 Å². The Bertz CT molecular complexity index is 2950. The quantitative estimate of drug-likeness (QED) is 0.0533. The van der Waals surface area contributed by atoms with Gasteiger partial charge in [0.15, 0.2) is 18.2 Å². The number of benzene rings is 7. The van der Waals surface area contributed by atoms with Gasteiger partial charge >= 0.3 is 5.97 Å². The van der Waals surface area contributed by atoms with E-state index in [0.29, 0.717) is 30.8 Å². The molecule has 2 heterocycles. The summed E-state index contributed by atoms with van der Waals surface area (Å²) in [7, 11) is 1.63. The summed E-state index contributed by atoms with van der Waals surface area (Å²) < 4.78 is 84.2. The molecule has 422 valence electrons. The van der Waals surface area contributed by atoms with Crippen LogP contribution in [-0.4, -0.2) is 92.8 Å². The van der Waals surface area contributed by atoms with Gasteiger partial charge in [-0.1, -0.05) is 188 Å². The number of carbonyl (C=O) groups excluding carboxylic acids is 1. The van der Waals surface area contributed by atoms with Crippen molar-refractivity contribution in [1.29, 1.82) is 0 Å². The molecule has 7 aromatic rings. The number of methoxy groups -OCH3 is 1. The topological polar surface area (TPSA) is 128 Å². The number of hydrogen-bond donors (Lipinski definition) is 0. The number of esters is 1. The third-order valence-electron chi connectivity index (χ3n) is 15.5. The fourth-order valence-corrected chi connectivity index (χ4v) is 11.4. The van der Waals surface area contributed by atoms with Gasteiger partial charge in [0.1, 0.15) is 60.7 Å². The van der Waals surface area contributed by atoms with E-state index in [2.05, 4.69) is 0 Å². The molecular weight excluding hydrogens is 1020 g/mol. The monoisotopic (exact) mass is 1100 g/mol. The molecule has 81 heavy (non-hydrogen) atoms. The SMILES string of the molecule is COc1ccc(CO[C@H]2[C@H](OCc3ccccc3)[C@H](OC(=O)c3ccccc3)[C@H](O[C@@H]3[C@@H](OCc4ccccc4)[C@H](OCc4ccccc4)[C@@H](OCc4ccccc4)[C@H]4OC5(CCCCC5)O[C@@H]34)O[C@@H]2COCc2ccccc2)cc1. The first-order valence-electron chi connectivity index (χ1n) is 28.4. The Balaban J connectivity index is 1.02. The lowest BCUT2D eigenvalue weighted by atomic mass is 9.83. The van der Waals surface area contributed by atoms with E-state index in [1.54, 1.807) is 31.4 Å². The molecule has 4 aliphatic rings. The van der Waals surface area contributed by atoms with Gasteiger partial charge in [0.05, 0.1) is 58.9 Å². The maximum Gasteiger partial charge on any atom is 0.338 e. The Labute approximate surface area is 475 Å². The molecule has 0 unspecified atom stereocenters. The number of fused-ring (bicyclic) bond motifs is 1. The van der Waals surface area contributed by atoms with Crippen molar-refractivity contribution in [2.45, 2.75) is 145 Å². The Morgan fingerprint density at radius 3 is 1.31 bits per heavy atom. The number of ether oxygens (including phenoxy) is 12. The van der Waals surface area contributed by atoms with Crippen molar-refractivity contribution < 1.29 is 61.6 Å². The fraction of sp³-hybridized carbons (Fsp3) is 0.368. The Morgan fingerprint density at radius 2 is 0.827 bits per heavy atom. The highest BCUT2D eigenvalue weighted by Crippen LogP contribution is 2.49. The van der Waals surface area contributed by atoms with Crippen LogP contribution in [0.1, 0.15) is 75.8 Å². The van der Waals surface area contributed by atoms with E-state index in [0.717, 1.165) is 52.6 Å². The van der Waals surface area contributed by atoms with Crippen LogP contribution in [0.4, 0.5) is 0 Å². The van der Waals surface area contributed by atoms with E-state index in [1.165, 1.54) is 0 Å². The maximum absolute atomic E-state index is 14.8. The molecule has 2 saturated heterocycles. The van der Waals surface area contributed by atoms with Crippen molar-refractivity contribution in [2.24, 2.45) is 0 Å². The summed E-state index contributed by atoms with van der Waals surface area (Å²) >= 11 is 0. The predicted molar refractivity (Wildman–Crippen MR) is 302 cm³/mol. The molecule has 13 nitrogen and oxygen atoms in total. The molecule has 11 rings (SSSR count). The summed E-state index contributed by atoms with van der Waals surface area (Å²) in [4.78, 5) is 14.8. The fourth-order valence-electron chi connectivity index (χ4n) is 11.4.